The number of sulfone groups is 1. The molecule has 3 aromatic rings. The third-order valence-electron chi connectivity index (χ3n) is 6.26. The van der Waals surface area contributed by atoms with Crippen molar-refractivity contribution in [1.82, 2.24) is 15.1 Å². The van der Waals surface area contributed by atoms with Crippen LogP contribution in [0.2, 0.25) is 0 Å². The summed E-state index contributed by atoms with van der Waals surface area (Å²) in [4.78, 5) is 40.8. The fraction of sp³-hybridized carbons (Fsp3) is 0.222. The number of carbonyl (C=O) groups is 3. The zero-order valence-corrected chi connectivity index (χ0v) is 21.3. The van der Waals surface area contributed by atoms with Crippen LogP contribution in [0, 0.1) is 0 Å². The van der Waals surface area contributed by atoms with Gasteiger partial charge in [0.25, 0.3) is 11.8 Å². The summed E-state index contributed by atoms with van der Waals surface area (Å²) < 4.78 is 66.0. The molecule has 0 unspecified atom stereocenters. The second-order valence-electron chi connectivity index (χ2n) is 8.71. The van der Waals surface area contributed by atoms with Crippen molar-refractivity contribution in [3.8, 4) is 0 Å². The van der Waals surface area contributed by atoms with Crippen LogP contribution in [-0.4, -0.2) is 68.7 Å². The van der Waals surface area contributed by atoms with Gasteiger partial charge in [-0.1, -0.05) is 42.5 Å². The van der Waals surface area contributed by atoms with Crippen molar-refractivity contribution in [3.05, 3.63) is 95.6 Å². The van der Waals surface area contributed by atoms with Crippen LogP contribution < -0.4 is 5.32 Å². The fourth-order valence-corrected chi connectivity index (χ4v) is 5.70. The molecule has 1 aliphatic rings. The van der Waals surface area contributed by atoms with E-state index >= 15 is 0 Å². The second-order valence-corrected chi connectivity index (χ2v) is 10.6. The van der Waals surface area contributed by atoms with E-state index in [0.29, 0.717) is 0 Å². The maximum absolute atomic E-state index is 13.3. The topological polar surface area (TPSA) is 104 Å². The van der Waals surface area contributed by atoms with Gasteiger partial charge in [-0.2, -0.15) is 13.2 Å². The van der Waals surface area contributed by atoms with Gasteiger partial charge in [-0.25, -0.2) is 8.42 Å². The maximum atomic E-state index is 13.3. The highest BCUT2D eigenvalue weighted by atomic mass is 32.2. The van der Waals surface area contributed by atoms with Crippen molar-refractivity contribution in [1.29, 1.82) is 0 Å². The Bertz CT molecular complexity index is 1490. The van der Waals surface area contributed by atoms with E-state index < -0.39 is 51.4 Å². The number of piperazine rings is 1. The third-order valence-corrected chi connectivity index (χ3v) is 8.09. The summed E-state index contributed by atoms with van der Waals surface area (Å²) in [5.41, 5.74) is -1.60. The lowest BCUT2D eigenvalue weighted by molar-refractivity contribution is -0.138. The predicted molar refractivity (Wildman–Crippen MR) is 135 cm³/mol. The largest absolute Gasteiger partial charge is 0.417 e. The van der Waals surface area contributed by atoms with E-state index in [1.807, 2.05) is 0 Å². The average molecular weight is 560 g/mol. The van der Waals surface area contributed by atoms with Gasteiger partial charge in [0.2, 0.25) is 15.7 Å². The average Bonchev–Trinajstić information content (AvgIpc) is 2.95. The van der Waals surface area contributed by atoms with Crippen molar-refractivity contribution in [2.45, 2.75) is 16.0 Å². The molecule has 0 saturated carbocycles. The number of benzene rings is 3. The van der Waals surface area contributed by atoms with Crippen LogP contribution in [-0.2, 0) is 20.8 Å². The summed E-state index contributed by atoms with van der Waals surface area (Å²) in [5, 5.41) is 2.44. The first-order valence-electron chi connectivity index (χ1n) is 11.9. The molecule has 4 rings (SSSR count). The molecule has 8 nitrogen and oxygen atoms in total. The van der Waals surface area contributed by atoms with Gasteiger partial charge in [-0.15, -0.1) is 0 Å². The minimum absolute atomic E-state index is 0.0167. The fourth-order valence-electron chi connectivity index (χ4n) is 4.22. The second kappa shape index (κ2) is 11.3. The van der Waals surface area contributed by atoms with Crippen LogP contribution in [0.1, 0.15) is 26.3 Å². The lowest BCUT2D eigenvalue weighted by Gasteiger charge is -2.35. The normalized spacial score (nSPS) is 14.1. The minimum Gasteiger partial charge on any atom is -0.343 e. The molecule has 0 atom stereocenters. The lowest BCUT2D eigenvalue weighted by Crippen LogP contribution is -2.52. The van der Waals surface area contributed by atoms with Gasteiger partial charge in [-0.05, 0) is 36.4 Å². The maximum Gasteiger partial charge on any atom is 0.417 e. The van der Waals surface area contributed by atoms with E-state index in [9.17, 15) is 36.0 Å². The van der Waals surface area contributed by atoms with E-state index in [2.05, 4.69) is 5.32 Å². The Morgan fingerprint density at radius 1 is 0.744 bits per heavy atom. The molecule has 0 aliphatic carbocycles. The molecule has 0 spiro atoms. The first-order chi connectivity index (χ1) is 18.5. The minimum atomic E-state index is -4.68. The number of nitrogens with one attached hydrogen (secondary N) is 1. The van der Waals surface area contributed by atoms with Gasteiger partial charge in [0.15, 0.2) is 0 Å². The smallest absolute Gasteiger partial charge is 0.343 e. The molecule has 1 N–H and O–H groups in total. The van der Waals surface area contributed by atoms with Crippen molar-refractivity contribution < 1.29 is 36.0 Å². The van der Waals surface area contributed by atoms with Crippen LogP contribution in [0.5, 0.6) is 0 Å². The Morgan fingerprint density at radius 3 is 1.92 bits per heavy atom. The number of hydrogen-bond donors (Lipinski definition) is 1. The van der Waals surface area contributed by atoms with Crippen LogP contribution in [0.4, 0.5) is 13.2 Å². The molecular formula is C27H24F3N3O5S. The SMILES string of the molecule is O=C(NCC(=O)N1CCN(C(=O)c2ccccc2C(F)(F)F)CC1)c1ccccc1S(=O)(=O)c1ccccc1. The molecule has 1 saturated heterocycles. The highest BCUT2D eigenvalue weighted by Crippen LogP contribution is 2.32. The summed E-state index contributed by atoms with van der Waals surface area (Å²) in [6.45, 7) is -0.268. The molecule has 1 aliphatic heterocycles. The first kappa shape index (κ1) is 27.8. The summed E-state index contributed by atoms with van der Waals surface area (Å²) in [7, 11) is -3.99. The summed E-state index contributed by atoms with van der Waals surface area (Å²) in [6.07, 6.45) is -4.68. The van der Waals surface area contributed by atoms with Gasteiger partial charge < -0.3 is 15.1 Å². The van der Waals surface area contributed by atoms with E-state index in [0.717, 1.165) is 12.1 Å². The zero-order valence-electron chi connectivity index (χ0n) is 20.5. The molecule has 204 valence electrons. The Kier molecular flexibility index (Phi) is 8.05. The van der Waals surface area contributed by atoms with Crippen molar-refractivity contribution in [3.63, 3.8) is 0 Å². The number of amides is 3. The van der Waals surface area contributed by atoms with Gasteiger partial charge in [0.05, 0.1) is 33.0 Å². The third kappa shape index (κ3) is 6.11. The van der Waals surface area contributed by atoms with Crippen LogP contribution in [0.25, 0.3) is 0 Å². The van der Waals surface area contributed by atoms with E-state index in [1.54, 1.807) is 18.2 Å². The Morgan fingerprint density at radius 2 is 1.28 bits per heavy atom. The predicted octanol–water partition coefficient (Wildman–Crippen LogP) is 3.25. The highest BCUT2D eigenvalue weighted by Gasteiger charge is 2.36. The van der Waals surface area contributed by atoms with Gasteiger partial charge >= 0.3 is 6.18 Å². The molecule has 12 heteroatoms. The lowest BCUT2D eigenvalue weighted by atomic mass is 10.1. The van der Waals surface area contributed by atoms with E-state index in [4.69, 9.17) is 0 Å². The number of alkyl halides is 3. The van der Waals surface area contributed by atoms with Crippen LogP contribution in [0.3, 0.4) is 0 Å². The molecule has 0 bridgehead atoms. The van der Waals surface area contributed by atoms with Crippen molar-refractivity contribution >= 4 is 27.6 Å². The first-order valence-corrected chi connectivity index (χ1v) is 13.4. The molecule has 0 aromatic heterocycles. The molecule has 3 aromatic carbocycles. The molecule has 1 heterocycles. The van der Waals surface area contributed by atoms with Gasteiger partial charge in [-0.3, -0.25) is 14.4 Å². The van der Waals surface area contributed by atoms with Crippen LogP contribution >= 0.6 is 0 Å². The van der Waals surface area contributed by atoms with Crippen molar-refractivity contribution in [2.24, 2.45) is 0 Å². The number of halogens is 3. The summed E-state index contributed by atoms with van der Waals surface area (Å²) >= 11 is 0. The van der Waals surface area contributed by atoms with E-state index in [-0.39, 0.29) is 41.5 Å². The molecule has 1 fully saturated rings. The Labute approximate surface area is 223 Å². The number of carbonyl (C=O) groups excluding carboxylic acids is 3. The highest BCUT2D eigenvalue weighted by molar-refractivity contribution is 7.91. The van der Waals surface area contributed by atoms with Gasteiger partial charge in [0, 0.05) is 26.2 Å². The summed E-state index contributed by atoms with van der Waals surface area (Å²) in [5.74, 6) is -2.01. The Hall–Kier alpha value is -4.19. The Balaban J connectivity index is 1.37. The quantitative estimate of drug-likeness (QED) is 0.500. The molecule has 0 radical (unpaired) electrons. The number of rotatable bonds is 6. The molecule has 3 amide bonds. The summed E-state index contributed by atoms with van der Waals surface area (Å²) in [6, 6.07) is 17.8. The standard InChI is InChI=1S/C27H24F3N3O5S/c28-27(29,30)22-12-6-4-10-20(22)26(36)33-16-14-32(15-17-33)24(34)18-31-25(35)21-11-5-7-13-23(21)39(37,38)19-8-2-1-3-9-19/h1-13H,14-18H2,(H,31,35). The molecular weight excluding hydrogens is 535 g/mol. The van der Waals surface area contributed by atoms with Gasteiger partial charge in [0.1, 0.15) is 0 Å². The zero-order chi connectivity index (χ0) is 28.2. The monoisotopic (exact) mass is 559 g/mol. The number of nitrogens with zero attached hydrogens (tertiary/aromatic N) is 2. The molecule has 39 heavy (non-hydrogen) atoms. The van der Waals surface area contributed by atoms with Crippen LogP contribution in [0.15, 0.2) is 88.7 Å². The van der Waals surface area contributed by atoms with Crippen molar-refractivity contribution in [2.75, 3.05) is 32.7 Å². The van der Waals surface area contributed by atoms with E-state index in [1.165, 1.54) is 58.3 Å². The number of hydrogen-bond acceptors (Lipinski definition) is 5.